The van der Waals surface area contributed by atoms with E-state index in [1.807, 2.05) is 6.07 Å². The summed E-state index contributed by atoms with van der Waals surface area (Å²) in [6.45, 7) is 4.46. The van der Waals surface area contributed by atoms with Crippen LogP contribution in [0.4, 0.5) is 11.4 Å². The predicted octanol–water partition coefficient (Wildman–Crippen LogP) is 4.04. The quantitative estimate of drug-likeness (QED) is 0.860. The SMILES string of the molecule is Cc1cc(N)ccc1N1CCC(Cc2ccccc2)CC1. The molecule has 1 heterocycles. The minimum atomic E-state index is 0.817. The summed E-state index contributed by atoms with van der Waals surface area (Å²) >= 11 is 0. The number of hydrogen-bond acceptors (Lipinski definition) is 2. The summed E-state index contributed by atoms with van der Waals surface area (Å²) in [5, 5.41) is 0. The van der Waals surface area contributed by atoms with Crippen molar-refractivity contribution in [2.45, 2.75) is 26.2 Å². The van der Waals surface area contributed by atoms with Crippen LogP contribution >= 0.6 is 0 Å². The molecule has 2 aromatic carbocycles. The number of nitrogens with zero attached hydrogens (tertiary/aromatic N) is 1. The third kappa shape index (κ3) is 3.38. The van der Waals surface area contributed by atoms with E-state index in [4.69, 9.17) is 5.73 Å². The van der Waals surface area contributed by atoms with Gasteiger partial charge >= 0.3 is 0 Å². The van der Waals surface area contributed by atoms with Crippen molar-refractivity contribution in [3.05, 3.63) is 59.7 Å². The fourth-order valence-electron chi connectivity index (χ4n) is 3.36. The summed E-state index contributed by atoms with van der Waals surface area (Å²) < 4.78 is 0. The number of nitrogen functional groups attached to an aromatic ring is 1. The molecule has 0 atom stereocenters. The molecular formula is C19H24N2. The first-order chi connectivity index (χ1) is 10.2. The van der Waals surface area contributed by atoms with Gasteiger partial charge in [0.05, 0.1) is 0 Å². The van der Waals surface area contributed by atoms with E-state index in [9.17, 15) is 0 Å². The molecule has 0 aliphatic carbocycles. The van der Waals surface area contributed by atoms with Crippen LogP contribution in [-0.2, 0) is 6.42 Å². The lowest BCUT2D eigenvalue weighted by molar-refractivity contribution is 0.403. The highest BCUT2D eigenvalue weighted by Crippen LogP contribution is 2.28. The average Bonchev–Trinajstić information content (AvgIpc) is 2.49. The second kappa shape index (κ2) is 6.21. The highest BCUT2D eigenvalue weighted by molar-refractivity contribution is 5.59. The third-order valence-corrected chi connectivity index (χ3v) is 4.54. The molecule has 110 valence electrons. The number of rotatable bonds is 3. The topological polar surface area (TPSA) is 29.3 Å². The second-order valence-electron chi connectivity index (χ2n) is 6.17. The van der Waals surface area contributed by atoms with Crippen LogP contribution in [0.3, 0.4) is 0 Å². The Morgan fingerprint density at radius 3 is 2.43 bits per heavy atom. The van der Waals surface area contributed by atoms with Gasteiger partial charge in [0.15, 0.2) is 0 Å². The van der Waals surface area contributed by atoms with Crippen molar-refractivity contribution in [2.24, 2.45) is 5.92 Å². The normalized spacial score (nSPS) is 16.1. The first-order valence-corrected chi connectivity index (χ1v) is 7.87. The Kier molecular flexibility index (Phi) is 4.14. The summed E-state index contributed by atoms with van der Waals surface area (Å²) in [5.41, 5.74) is 10.8. The lowest BCUT2D eigenvalue weighted by atomic mass is 9.90. The molecule has 1 fully saturated rings. The van der Waals surface area contributed by atoms with Crippen LogP contribution in [0.5, 0.6) is 0 Å². The van der Waals surface area contributed by atoms with E-state index < -0.39 is 0 Å². The number of piperidine rings is 1. The van der Waals surface area contributed by atoms with Gasteiger partial charge in [-0.15, -0.1) is 0 Å². The fraction of sp³-hybridized carbons (Fsp3) is 0.368. The van der Waals surface area contributed by atoms with Crippen molar-refractivity contribution in [1.29, 1.82) is 0 Å². The van der Waals surface area contributed by atoms with E-state index in [1.54, 1.807) is 0 Å². The van der Waals surface area contributed by atoms with Gasteiger partial charge in [-0.25, -0.2) is 0 Å². The van der Waals surface area contributed by atoms with Gasteiger partial charge in [-0.1, -0.05) is 30.3 Å². The number of anilines is 2. The van der Waals surface area contributed by atoms with Gasteiger partial charge in [0.1, 0.15) is 0 Å². The zero-order chi connectivity index (χ0) is 14.7. The third-order valence-electron chi connectivity index (χ3n) is 4.54. The number of benzene rings is 2. The molecule has 0 spiro atoms. The fourth-order valence-corrected chi connectivity index (χ4v) is 3.36. The molecule has 0 radical (unpaired) electrons. The van der Waals surface area contributed by atoms with Crippen LogP contribution in [0.15, 0.2) is 48.5 Å². The Morgan fingerprint density at radius 1 is 1.05 bits per heavy atom. The summed E-state index contributed by atoms with van der Waals surface area (Å²) in [5.74, 6) is 0.817. The number of hydrogen-bond donors (Lipinski definition) is 1. The van der Waals surface area contributed by atoms with Crippen LogP contribution < -0.4 is 10.6 Å². The van der Waals surface area contributed by atoms with Crippen LogP contribution in [0.2, 0.25) is 0 Å². The van der Waals surface area contributed by atoms with Gasteiger partial charge in [0, 0.05) is 24.5 Å². The smallest absolute Gasteiger partial charge is 0.0397 e. The molecule has 1 saturated heterocycles. The molecule has 1 aliphatic heterocycles. The molecule has 2 N–H and O–H groups in total. The molecule has 1 aliphatic rings. The molecule has 0 unspecified atom stereocenters. The molecule has 3 rings (SSSR count). The van der Waals surface area contributed by atoms with E-state index in [1.165, 1.54) is 36.1 Å². The maximum atomic E-state index is 5.85. The summed E-state index contributed by atoms with van der Waals surface area (Å²) in [7, 11) is 0. The Morgan fingerprint density at radius 2 is 1.76 bits per heavy atom. The van der Waals surface area contributed by atoms with Crippen molar-refractivity contribution in [3.63, 3.8) is 0 Å². The Hall–Kier alpha value is -1.96. The minimum absolute atomic E-state index is 0.817. The lowest BCUT2D eigenvalue weighted by Gasteiger charge is -2.34. The standard InChI is InChI=1S/C19H24N2/c1-15-13-18(20)7-8-19(15)21-11-9-17(10-12-21)14-16-5-3-2-4-6-16/h2-8,13,17H,9-12,14,20H2,1H3. The summed E-state index contributed by atoms with van der Waals surface area (Å²) in [4.78, 5) is 2.51. The van der Waals surface area contributed by atoms with Gasteiger partial charge in [-0.3, -0.25) is 0 Å². The van der Waals surface area contributed by atoms with Crippen molar-refractivity contribution in [3.8, 4) is 0 Å². The first-order valence-electron chi connectivity index (χ1n) is 7.87. The summed E-state index contributed by atoms with van der Waals surface area (Å²) in [6.07, 6.45) is 3.77. The molecule has 0 aromatic heterocycles. The Labute approximate surface area is 127 Å². The van der Waals surface area contributed by atoms with E-state index >= 15 is 0 Å². The molecule has 2 nitrogen and oxygen atoms in total. The van der Waals surface area contributed by atoms with Crippen molar-refractivity contribution >= 4 is 11.4 Å². The maximum Gasteiger partial charge on any atom is 0.0397 e. The maximum absolute atomic E-state index is 5.85. The monoisotopic (exact) mass is 280 g/mol. The molecule has 2 heteroatoms. The van der Waals surface area contributed by atoms with Crippen LogP contribution in [0.1, 0.15) is 24.0 Å². The molecular weight excluding hydrogens is 256 g/mol. The largest absolute Gasteiger partial charge is 0.399 e. The van der Waals surface area contributed by atoms with Crippen LogP contribution in [0.25, 0.3) is 0 Å². The molecule has 2 aromatic rings. The zero-order valence-electron chi connectivity index (χ0n) is 12.8. The second-order valence-corrected chi connectivity index (χ2v) is 6.17. The number of nitrogens with two attached hydrogens (primary N) is 1. The minimum Gasteiger partial charge on any atom is -0.399 e. The van der Waals surface area contributed by atoms with Crippen LogP contribution in [-0.4, -0.2) is 13.1 Å². The van der Waals surface area contributed by atoms with Crippen LogP contribution in [0, 0.1) is 12.8 Å². The van der Waals surface area contributed by atoms with Crippen molar-refractivity contribution in [2.75, 3.05) is 23.7 Å². The van der Waals surface area contributed by atoms with Gasteiger partial charge in [0.25, 0.3) is 0 Å². The first kappa shape index (κ1) is 14.0. The van der Waals surface area contributed by atoms with Crippen molar-refractivity contribution < 1.29 is 0 Å². The number of aryl methyl sites for hydroxylation is 1. The molecule has 21 heavy (non-hydrogen) atoms. The van der Waals surface area contributed by atoms with Gasteiger partial charge in [0.2, 0.25) is 0 Å². The molecule has 0 saturated carbocycles. The lowest BCUT2D eigenvalue weighted by Crippen LogP contribution is -2.34. The molecule has 0 bridgehead atoms. The van der Waals surface area contributed by atoms with E-state index in [0.29, 0.717) is 0 Å². The van der Waals surface area contributed by atoms with Gasteiger partial charge in [-0.2, -0.15) is 0 Å². The average molecular weight is 280 g/mol. The Bertz CT molecular complexity index is 584. The van der Waals surface area contributed by atoms with Crippen molar-refractivity contribution in [1.82, 2.24) is 0 Å². The van der Waals surface area contributed by atoms with E-state index in [-0.39, 0.29) is 0 Å². The summed E-state index contributed by atoms with van der Waals surface area (Å²) in [6, 6.07) is 17.1. The van der Waals surface area contributed by atoms with Gasteiger partial charge < -0.3 is 10.6 Å². The Balaban J connectivity index is 1.60. The highest BCUT2D eigenvalue weighted by atomic mass is 15.1. The zero-order valence-corrected chi connectivity index (χ0v) is 12.8. The van der Waals surface area contributed by atoms with E-state index in [0.717, 1.165) is 24.7 Å². The predicted molar refractivity (Wildman–Crippen MR) is 90.7 cm³/mol. The van der Waals surface area contributed by atoms with E-state index in [2.05, 4.69) is 54.3 Å². The molecule has 0 amide bonds. The van der Waals surface area contributed by atoms with Gasteiger partial charge in [-0.05, 0) is 61.4 Å². The highest BCUT2D eigenvalue weighted by Gasteiger charge is 2.20.